The molecule has 1 amide bonds. The number of thiazole rings is 1. The van der Waals surface area contributed by atoms with Crippen LogP contribution < -0.4 is 20.2 Å². The van der Waals surface area contributed by atoms with Crippen molar-refractivity contribution in [1.29, 1.82) is 0 Å². The first-order valence-corrected chi connectivity index (χ1v) is 15.4. The molecular formula is C32H25BrCl2N4O3S. The average Bonchev–Trinajstić information content (AvgIpc) is 3.47. The van der Waals surface area contributed by atoms with Crippen molar-refractivity contribution in [2.24, 2.45) is 5.10 Å². The summed E-state index contributed by atoms with van der Waals surface area (Å²) in [5, 5.41) is 11.3. The van der Waals surface area contributed by atoms with E-state index >= 15 is 0 Å². The van der Waals surface area contributed by atoms with Crippen molar-refractivity contribution in [2.75, 3.05) is 12.4 Å². The van der Waals surface area contributed by atoms with E-state index in [1.807, 2.05) is 53.9 Å². The highest BCUT2D eigenvalue weighted by Gasteiger charge is 2.13. The molecule has 2 N–H and O–H groups in total. The van der Waals surface area contributed by atoms with Gasteiger partial charge >= 0.3 is 0 Å². The molecule has 4 aromatic carbocycles. The second-order valence-corrected chi connectivity index (χ2v) is 11.9. The number of methoxy groups -OCH3 is 1. The zero-order valence-corrected chi connectivity index (χ0v) is 26.9. The largest absolute Gasteiger partial charge is 0.493 e. The average molecular weight is 696 g/mol. The maximum atomic E-state index is 12.7. The van der Waals surface area contributed by atoms with E-state index in [2.05, 4.69) is 43.7 Å². The molecule has 0 radical (unpaired) electrons. The number of hydrogen-bond acceptors (Lipinski definition) is 7. The van der Waals surface area contributed by atoms with Gasteiger partial charge in [0.25, 0.3) is 5.91 Å². The first-order chi connectivity index (χ1) is 20.8. The second-order valence-electron chi connectivity index (χ2n) is 9.36. The number of benzene rings is 4. The highest BCUT2D eigenvalue weighted by molar-refractivity contribution is 9.10. The van der Waals surface area contributed by atoms with Crippen LogP contribution in [0.1, 0.15) is 27.0 Å². The van der Waals surface area contributed by atoms with Crippen molar-refractivity contribution in [1.82, 2.24) is 10.4 Å². The number of carbonyl (C=O) groups is 1. The minimum absolute atomic E-state index is 0.223. The number of ether oxygens (including phenoxy) is 2. The molecule has 0 atom stereocenters. The Morgan fingerprint density at radius 1 is 1.05 bits per heavy atom. The summed E-state index contributed by atoms with van der Waals surface area (Å²) in [6, 6.07) is 24.1. The minimum Gasteiger partial charge on any atom is -0.493 e. The third kappa shape index (κ3) is 7.94. The first-order valence-electron chi connectivity index (χ1n) is 13.0. The Balaban J connectivity index is 1.19. The predicted molar refractivity (Wildman–Crippen MR) is 179 cm³/mol. The van der Waals surface area contributed by atoms with Crippen LogP contribution in [0.25, 0.3) is 11.3 Å². The van der Waals surface area contributed by atoms with E-state index in [4.69, 9.17) is 32.7 Å². The number of aryl methyl sites for hydroxylation is 1. The minimum atomic E-state index is -0.339. The first kappa shape index (κ1) is 30.6. The lowest BCUT2D eigenvalue weighted by molar-refractivity contribution is 0.0955. The highest BCUT2D eigenvalue weighted by atomic mass is 79.9. The number of halogens is 3. The van der Waals surface area contributed by atoms with E-state index in [0.717, 1.165) is 27.6 Å². The van der Waals surface area contributed by atoms with Crippen LogP contribution >= 0.6 is 50.5 Å². The van der Waals surface area contributed by atoms with Crippen molar-refractivity contribution in [3.05, 3.63) is 121 Å². The van der Waals surface area contributed by atoms with Gasteiger partial charge in [-0.3, -0.25) is 4.79 Å². The molecule has 5 aromatic rings. The van der Waals surface area contributed by atoms with Crippen molar-refractivity contribution >= 4 is 73.4 Å². The summed E-state index contributed by atoms with van der Waals surface area (Å²) in [4.78, 5) is 17.4. The molecule has 0 bridgehead atoms. The third-order valence-electron chi connectivity index (χ3n) is 6.27. The van der Waals surface area contributed by atoms with E-state index in [-0.39, 0.29) is 12.5 Å². The topological polar surface area (TPSA) is 84.8 Å². The number of hydrogen-bond donors (Lipinski definition) is 2. The maximum Gasteiger partial charge on any atom is 0.271 e. The molecule has 0 saturated carbocycles. The van der Waals surface area contributed by atoms with Gasteiger partial charge in [0.1, 0.15) is 6.61 Å². The van der Waals surface area contributed by atoms with Crippen LogP contribution in [-0.2, 0) is 6.61 Å². The number of amides is 1. The lowest BCUT2D eigenvalue weighted by Crippen LogP contribution is -2.17. The fourth-order valence-electron chi connectivity index (χ4n) is 3.99. The Labute approximate surface area is 271 Å². The van der Waals surface area contributed by atoms with Gasteiger partial charge in [-0.1, -0.05) is 59.1 Å². The van der Waals surface area contributed by atoms with E-state index in [0.29, 0.717) is 37.1 Å². The summed E-state index contributed by atoms with van der Waals surface area (Å²) in [6.07, 6.45) is 1.53. The molecule has 0 saturated heterocycles. The summed E-state index contributed by atoms with van der Waals surface area (Å²) in [5.41, 5.74) is 8.42. The van der Waals surface area contributed by atoms with Crippen molar-refractivity contribution < 1.29 is 14.3 Å². The van der Waals surface area contributed by atoms with Gasteiger partial charge in [0, 0.05) is 37.8 Å². The van der Waals surface area contributed by atoms with Crippen molar-refractivity contribution in [3.8, 4) is 22.8 Å². The highest BCUT2D eigenvalue weighted by Crippen LogP contribution is 2.37. The fraction of sp³-hybridized carbons (Fsp3) is 0.0938. The van der Waals surface area contributed by atoms with Crippen LogP contribution in [0.2, 0.25) is 10.0 Å². The van der Waals surface area contributed by atoms with Gasteiger partial charge in [-0.15, -0.1) is 11.3 Å². The third-order valence-corrected chi connectivity index (χ3v) is 8.20. The Morgan fingerprint density at radius 3 is 2.53 bits per heavy atom. The smallest absolute Gasteiger partial charge is 0.271 e. The molecule has 1 heterocycles. The number of aromatic nitrogens is 1. The van der Waals surface area contributed by atoms with E-state index in [9.17, 15) is 4.79 Å². The Kier molecular flexibility index (Phi) is 9.99. The summed E-state index contributed by atoms with van der Waals surface area (Å²) in [5.74, 6) is 0.656. The molecule has 0 unspecified atom stereocenters. The summed E-state index contributed by atoms with van der Waals surface area (Å²) in [7, 11) is 1.54. The Hall–Kier alpha value is -3.89. The maximum absolute atomic E-state index is 12.7. The number of carbonyl (C=O) groups excluding carboxylic acids is 1. The summed E-state index contributed by atoms with van der Waals surface area (Å²) >= 11 is 17.3. The molecule has 0 aliphatic carbocycles. The van der Waals surface area contributed by atoms with Crippen molar-refractivity contribution in [2.45, 2.75) is 13.5 Å². The van der Waals surface area contributed by atoms with E-state index in [1.54, 1.807) is 37.4 Å². The van der Waals surface area contributed by atoms with E-state index in [1.165, 1.54) is 23.1 Å². The van der Waals surface area contributed by atoms with Crippen LogP contribution in [0, 0.1) is 6.92 Å². The van der Waals surface area contributed by atoms with Gasteiger partial charge in [-0.2, -0.15) is 5.10 Å². The lowest BCUT2D eigenvalue weighted by atomic mass is 10.1. The Bertz CT molecular complexity index is 1780. The molecule has 7 nitrogen and oxygen atoms in total. The van der Waals surface area contributed by atoms with Gasteiger partial charge in [0.2, 0.25) is 0 Å². The molecular weight excluding hydrogens is 671 g/mol. The Morgan fingerprint density at radius 2 is 1.81 bits per heavy atom. The van der Waals surface area contributed by atoms with Gasteiger partial charge in [-0.05, 0) is 76.9 Å². The standard InChI is InChI=1S/C32H25BrCl2N4O3S/c1-19-3-11-25(12-4-19)37-32-38-28(18-43-32)21-5-7-22(8-6-21)31(40)39-36-16-20-13-26(33)30(29(14-20)41-2)42-17-23-9-10-24(34)15-27(23)35/h3-16,18H,17H2,1-2H3,(H,37,38)(H,39,40)/b36-16-. The van der Waals surface area contributed by atoms with Crippen LogP contribution in [-0.4, -0.2) is 24.2 Å². The number of nitrogens with zero attached hydrogens (tertiary/aromatic N) is 2. The lowest BCUT2D eigenvalue weighted by Gasteiger charge is -2.14. The second kappa shape index (κ2) is 14.1. The van der Waals surface area contributed by atoms with Gasteiger partial charge in [0.15, 0.2) is 16.6 Å². The monoisotopic (exact) mass is 694 g/mol. The summed E-state index contributed by atoms with van der Waals surface area (Å²) in [6.45, 7) is 2.27. The molecule has 0 spiro atoms. The molecule has 11 heteroatoms. The molecule has 0 aliphatic heterocycles. The molecule has 0 aliphatic rings. The molecule has 43 heavy (non-hydrogen) atoms. The fourth-order valence-corrected chi connectivity index (χ4v) is 5.77. The van der Waals surface area contributed by atoms with Gasteiger partial charge in [-0.25, -0.2) is 10.4 Å². The van der Waals surface area contributed by atoms with Crippen LogP contribution in [0.15, 0.2) is 93.8 Å². The van der Waals surface area contributed by atoms with Crippen molar-refractivity contribution in [3.63, 3.8) is 0 Å². The molecule has 1 aromatic heterocycles. The van der Waals surface area contributed by atoms with E-state index < -0.39 is 0 Å². The number of hydrazone groups is 1. The molecule has 0 fully saturated rings. The molecule has 5 rings (SSSR count). The van der Waals surface area contributed by atoms with Gasteiger partial charge in [0.05, 0.1) is 23.5 Å². The zero-order chi connectivity index (χ0) is 30.3. The van der Waals surface area contributed by atoms with Crippen LogP contribution in [0.4, 0.5) is 10.8 Å². The summed E-state index contributed by atoms with van der Waals surface area (Å²) < 4.78 is 12.1. The number of nitrogens with one attached hydrogen (secondary N) is 2. The SMILES string of the molecule is COc1cc(/C=N\NC(=O)c2ccc(-c3csc(Nc4ccc(C)cc4)n3)cc2)cc(Br)c1OCc1ccc(Cl)cc1Cl. The quantitative estimate of drug-likeness (QED) is 0.112. The van der Waals surface area contributed by atoms with Crippen LogP contribution in [0.3, 0.4) is 0 Å². The zero-order valence-electron chi connectivity index (χ0n) is 23.0. The predicted octanol–water partition coefficient (Wildman–Crippen LogP) is 9.28. The number of rotatable bonds is 10. The number of anilines is 2. The van der Waals surface area contributed by atoms with Gasteiger partial charge < -0.3 is 14.8 Å². The molecule has 218 valence electrons. The van der Waals surface area contributed by atoms with Crippen LogP contribution in [0.5, 0.6) is 11.5 Å². The normalized spacial score (nSPS) is 11.0.